The number of benzene rings is 1. The molecule has 0 unspecified atom stereocenters. The minimum Gasteiger partial charge on any atom is -0.463 e. The highest BCUT2D eigenvalue weighted by Crippen LogP contribution is 2.29. The first kappa shape index (κ1) is 12.5. The smallest absolute Gasteiger partial charge is 0.148 e. The quantitative estimate of drug-likeness (QED) is 0.862. The van der Waals surface area contributed by atoms with Gasteiger partial charge >= 0.3 is 0 Å². The third-order valence-corrected chi connectivity index (χ3v) is 3.06. The second-order valence-corrected chi connectivity index (χ2v) is 4.55. The molecular weight excluding hydrogens is 289 g/mol. The van der Waals surface area contributed by atoms with Crippen molar-refractivity contribution >= 4 is 26.9 Å². The zero-order valence-corrected chi connectivity index (χ0v) is 11.0. The SMILES string of the molecule is COCCNCc1coc2c(Br)cc(F)cc12. The topological polar surface area (TPSA) is 34.4 Å². The summed E-state index contributed by atoms with van der Waals surface area (Å²) in [4.78, 5) is 0. The summed E-state index contributed by atoms with van der Waals surface area (Å²) in [7, 11) is 1.65. The van der Waals surface area contributed by atoms with Crippen molar-refractivity contribution in [3.8, 4) is 0 Å². The van der Waals surface area contributed by atoms with E-state index in [2.05, 4.69) is 21.2 Å². The number of furan rings is 1. The van der Waals surface area contributed by atoms with E-state index in [0.717, 1.165) is 17.5 Å². The lowest BCUT2D eigenvalue weighted by Crippen LogP contribution is -2.18. The number of hydrogen-bond donors (Lipinski definition) is 1. The molecule has 2 aromatic rings. The number of hydrogen-bond acceptors (Lipinski definition) is 3. The molecule has 0 amide bonds. The van der Waals surface area contributed by atoms with E-state index >= 15 is 0 Å². The molecule has 0 saturated carbocycles. The molecule has 17 heavy (non-hydrogen) atoms. The molecule has 0 aliphatic carbocycles. The number of fused-ring (bicyclic) bond motifs is 1. The largest absolute Gasteiger partial charge is 0.463 e. The van der Waals surface area contributed by atoms with Crippen LogP contribution in [0.2, 0.25) is 0 Å². The molecule has 5 heteroatoms. The highest BCUT2D eigenvalue weighted by atomic mass is 79.9. The third-order valence-electron chi connectivity index (χ3n) is 2.47. The minimum absolute atomic E-state index is 0.274. The Morgan fingerprint density at radius 1 is 1.47 bits per heavy atom. The Balaban J connectivity index is 2.18. The average Bonchev–Trinajstić information content (AvgIpc) is 2.68. The molecule has 0 aliphatic rings. The van der Waals surface area contributed by atoms with E-state index in [9.17, 15) is 4.39 Å². The Kier molecular flexibility index (Phi) is 4.15. The molecule has 0 atom stereocenters. The molecule has 1 N–H and O–H groups in total. The summed E-state index contributed by atoms with van der Waals surface area (Å²) >= 11 is 3.28. The first-order chi connectivity index (χ1) is 8.22. The van der Waals surface area contributed by atoms with Crippen LogP contribution in [-0.4, -0.2) is 20.3 Å². The average molecular weight is 302 g/mol. The van der Waals surface area contributed by atoms with Crippen LogP contribution in [0.15, 0.2) is 27.3 Å². The summed E-state index contributed by atoms with van der Waals surface area (Å²) < 4.78 is 24.3. The number of rotatable bonds is 5. The minimum atomic E-state index is -0.274. The Bertz CT molecular complexity index is 512. The van der Waals surface area contributed by atoms with Crippen LogP contribution in [0.25, 0.3) is 11.0 Å². The van der Waals surface area contributed by atoms with E-state index in [0.29, 0.717) is 23.2 Å². The van der Waals surface area contributed by atoms with Gasteiger partial charge in [-0.3, -0.25) is 0 Å². The normalized spacial score (nSPS) is 11.2. The van der Waals surface area contributed by atoms with Crippen LogP contribution in [0.3, 0.4) is 0 Å². The Hall–Kier alpha value is -0.910. The van der Waals surface area contributed by atoms with E-state index in [1.165, 1.54) is 12.1 Å². The molecule has 1 aromatic heterocycles. The lowest BCUT2D eigenvalue weighted by atomic mass is 10.2. The molecule has 0 aliphatic heterocycles. The number of halogens is 2. The summed E-state index contributed by atoms with van der Waals surface area (Å²) in [6, 6.07) is 2.88. The molecule has 0 bridgehead atoms. The maximum Gasteiger partial charge on any atom is 0.148 e. The highest BCUT2D eigenvalue weighted by molar-refractivity contribution is 9.10. The fourth-order valence-corrected chi connectivity index (χ4v) is 2.17. The number of nitrogens with one attached hydrogen (secondary N) is 1. The van der Waals surface area contributed by atoms with Crippen LogP contribution in [0.5, 0.6) is 0 Å². The van der Waals surface area contributed by atoms with Gasteiger partial charge in [0.25, 0.3) is 0 Å². The first-order valence-electron chi connectivity index (χ1n) is 5.27. The predicted molar refractivity (Wildman–Crippen MR) is 67.5 cm³/mol. The molecule has 0 saturated heterocycles. The van der Waals surface area contributed by atoms with Crippen LogP contribution >= 0.6 is 15.9 Å². The van der Waals surface area contributed by atoms with E-state index in [-0.39, 0.29) is 5.82 Å². The van der Waals surface area contributed by atoms with Gasteiger partial charge in [-0.25, -0.2) is 4.39 Å². The summed E-state index contributed by atoms with van der Waals surface area (Å²) in [5.74, 6) is -0.274. The van der Waals surface area contributed by atoms with Crippen molar-refractivity contribution in [3.05, 3.63) is 34.2 Å². The van der Waals surface area contributed by atoms with Gasteiger partial charge in [0.2, 0.25) is 0 Å². The van der Waals surface area contributed by atoms with E-state index in [4.69, 9.17) is 9.15 Å². The lowest BCUT2D eigenvalue weighted by Gasteiger charge is -2.02. The molecular formula is C12H13BrFNO2. The first-order valence-corrected chi connectivity index (χ1v) is 6.06. The van der Waals surface area contributed by atoms with Crippen molar-refractivity contribution in [1.82, 2.24) is 5.32 Å². The third kappa shape index (κ3) is 2.86. The Morgan fingerprint density at radius 3 is 3.06 bits per heavy atom. The molecule has 3 nitrogen and oxygen atoms in total. The predicted octanol–water partition coefficient (Wildman–Crippen LogP) is 3.07. The Morgan fingerprint density at radius 2 is 2.29 bits per heavy atom. The van der Waals surface area contributed by atoms with Crippen LogP contribution in [-0.2, 0) is 11.3 Å². The second kappa shape index (κ2) is 5.62. The monoisotopic (exact) mass is 301 g/mol. The van der Waals surface area contributed by atoms with Crippen molar-refractivity contribution in [2.75, 3.05) is 20.3 Å². The van der Waals surface area contributed by atoms with Gasteiger partial charge in [-0.15, -0.1) is 0 Å². The molecule has 2 rings (SSSR count). The van der Waals surface area contributed by atoms with Crippen molar-refractivity contribution in [2.24, 2.45) is 0 Å². The number of methoxy groups -OCH3 is 1. The van der Waals surface area contributed by atoms with Crippen molar-refractivity contribution in [1.29, 1.82) is 0 Å². The van der Waals surface area contributed by atoms with Gasteiger partial charge in [-0.1, -0.05) is 0 Å². The summed E-state index contributed by atoms with van der Waals surface area (Å²) in [5.41, 5.74) is 1.62. The fraction of sp³-hybridized carbons (Fsp3) is 0.333. The van der Waals surface area contributed by atoms with Gasteiger partial charge < -0.3 is 14.5 Å². The van der Waals surface area contributed by atoms with Gasteiger partial charge in [0.05, 0.1) is 17.3 Å². The van der Waals surface area contributed by atoms with E-state index < -0.39 is 0 Å². The van der Waals surface area contributed by atoms with Gasteiger partial charge in [0, 0.05) is 31.1 Å². The van der Waals surface area contributed by atoms with E-state index in [1.54, 1.807) is 13.4 Å². The fourth-order valence-electron chi connectivity index (χ4n) is 1.65. The summed E-state index contributed by atoms with van der Waals surface area (Å²) in [6.45, 7) is 2.03. The Labute approximate surface area is 107 Å². The summed E-state index contributed by atoms with van der Waals surface area (Å²) in [6.07, 6.45) is 1.65. The maximum atomic E-state index is 13.3. The summed E-state index contributed by atoms with van der Waals surface area (Å²) in [5, 5.41) is 3.99. The zero-order chi connectivity index (χ0) is 12.3. The van der Waals surface area contributed by atoms with E-state index in [1.807, 2.05) is 0 Å². The van der Waals surface area contributed by atoms with Crippen LogP contribution < -0.4 is 5.32 Å². The molecule has 1 heterocycles. The van der Waals surface area contributed by atoms with Gasteiger partial charge in [0.1, 0.15) is 11.4 Å². The molecule has 0 spiro atoms. The van der Waals surface area contributed by atoms with Gasteiger partial charge in [0.15, 0.2) is 0 Å². The van der Waals surface area contributed by atoms with Crippen molar-refractivity contribution in [2.45, 2.75) is 6.54 Å². The highest BCUT2D eigenvalue weighted by Gasteiger charge is 2.10. The van der Waals surface area contributed by atoms with Gasteiger partial charge in [-0.05, 0) is 28.1 Å². The van der Waals surface area contributed by atoms with Gasteiger partial charge in [-0.2, -0.15) is 0 Å². The van der Waals surface area contributed by atoms with Crippen LogP contribution in [0, 0.1) is 5.82 Å². The van der Waals surface area contributed by atoms with Crippen LogP contribution in [0.4, 0.5) is 4.39 Å². The lowest BCUT2D eigenvalue weighted by molar-refractivity contribution is 0.199. The molecule has 1 aromatic carbocycles. The maximum absolute atomic E-state index is 13.3. The second-order valence-electron chi connectivity index (χ2n) is 3.69. The molecule has 0 radical (unpaired) electrons. The zero-order valence-electron chi connectivity index (χ0n) is 9.43. The molecule has 0 fully saturated rings. The van der Waals surface area contributed by atoms with Crippen LogP contribution in [0.1, 0.15) is 5.56 Å². The standard InChI is InChI=1S/C12H13BrFNO2/c1-16-3-2-15-6-8-7-17-12-10(8)4-9(14)5-11(12)13/h4-5,7,15H,2-3,6H2,1H3. The molecule has 92 valence electrons. The van der Waals surface area contributed by atoms with Crippen molar-refractivity contribution in [3.63, 3.8) is 0 Å². The number of ether oxygens (including phenoxy) is 1. The van der Waals surface area contributed by atoms with Crippen molar-refractivity contribution < 1.29 is 13.5 Å².